The standard InChI is InChI=1S/C13H24N2S/c1-11(16-2)8-9-15-13-7-5-3-4-6-12(13)10-14/h11-13,15H,3-9H2,1-2H3. The van der Waals surface area contributed by atoms with Crippen LogP contribution in [0.15, 0.2) is 0 Å². The number of thioether (sulfide) groups is 1. The van der Waals surface area contributed by atoms with Gasteiger partial charge in [-0.2, -0.15) is 17.0 Å². The van der Waals surface area contributed by atoms with Gasteiger partial charge >= 0.3 is 0 Å². The van der Waals surface area contributed by atoms with Gasteiger partial charge in [0.05, 0.1) is 12.0 Å². The summed E-state index contributed by atoms with van der Waals surface area (Å²) in [6, 6.07) is 2.92. The third kappa shape index (κ3) is 4.76. The van der Waals surface area contributed by atoms with Crippen molar-refractivity contribution >= 4 is 11.8 Å². The van der Waals surface area contributed by atoms with Crippen molar-refractivity contribution < 1.29 is 0 Å². The molecule has 1 rings (SSSR count). The predicted octanol–water partition coefficient (Wildman–Crippen LogP) is 3.19. The van der Waals surface area contributed by atoms with Gasteiger partial charge in [-0.25, -0.2) is 0 Å². The highest BCUT2D eigenvalue weighted by Gasteiger charge is 2.22. The van der Waals surface area contributed by atoms with E-state index in [9.17, 15) is 0 Å². The maximum atomic E-state index is 9.15. The first-order valence-corrected chi connectivity index (χ1v) is 7.72. The van der Waals surface area contributed by atoms with Crippen LogP contribution < -0.4 is 5.32 Å². The number of nitrogens with zero attached hydrogens (tertiary/aromatic N) is 1. The first kappa shape index (κ1) is 13.9. The Hall–Kier alpha value is -0.200. The molecule has 0 bridgehead atoms. The summed E-state index contributed by atoms with van der Waals surface area (Å²) in [5.74, 6) is 0.243. The third-order valence-corrected chi connectivity index (χ3v) is 4.58. The van der Waals surface area contributed by atoms with Crippen LogP contribution in [-0.4, -0.2) is 24.1 Å². The van der Waals surface area contributed by atoms with E-state index in [0.717, 1.165) is 18.2 Å². The van der Waals surface area contributed by atoms with E-state index in [1.165, 1.54) is 32.1 Å². The lowest BCUT2D eigenvalue weighted by Gasteiger charge is -2.21. The number of nitrogens with one attached hydrogen (secondary N) is 1. The average Bonchev–Trinajstić information content (AvgIpc) is 2.53. The van der Waals surface area contributed by atoms with Crippen LogP contribution in [0.2, 0.25) is 0 Å². The first-order chi connectivity index (χ1) is 7.77. The van der Waals surface area contributed by atoms with E-state index in [2.05, 4.69) is 24.6 Å². The molecular formula is C13H24N2S. The van der Waals surface area contributed by atoms with Crippen LogP contribution in [0.4, 0.5) is 0 Å². The topological polar surface area (TPSA) is 35.8 Å². The van der Waals surface area contributed by atoms with Crippen LogP contribution in [0.3, 0.4) is 0 Å². The van der Waals surface area contributed by atoms with Gasteiger partial charge in [-0.3, -0.25) is 0 Å². The van der Waals surface area contributed by atoms with E-state index in [1.54, 1.807) is 0 Å². The highest BCUT2D eigenvalue weighted by atomic mass is 32.2. The summed E-state index contributed by atoms with van der Waals surface area (Å²) in [6.07, 6.45) is 9.46. The normalized spacial score (nSPS) is 28.1. The zero-order valence-corrected chi connectivity index (χ0v) is 11.4. The second kappa shape index (κ2) is 7.97. The lowest BCUT2D eigenvalue weighted by molar-refractivity contribution is 0.393. The minimum absolute atomic E-state index is 0.243. The van der Waals surface area contributed by atoms with Crippen molar-refractivity contribution in [2.45, 2.75) is 56.7 Å². The lowest BCUT2D eigenvalue weighted by Crippen LogP contribution is -2.36. The number of nitriles is 1. The summed E-state index contributed by atoms with van der Waals surface area (Å²) < 4.78 is 0. The van der Waals surface area contributed by atoms with Gasteiger partial charge < -0.3 is 5.32 Å². The van der Waals surface area contributed by atoms with Crippen molar-refractivity contribution in [2.24, 2.45) is 5.92 Å². The van der Waals surface area contributed by atoms with E-state index in [1.807, 2.05) is 11.8 Å². The average molecular weight is 240 g/mol. The molecule has 1 saturated carbocycles. The molecule has 1 aliphatic rings. The molecule has 0 amide bonds. The Kier molecular flexibility index (Phi) is 6.91. The highest BCUT2D eigenvalue weighted by molar-refractivity contribution is 7.99. The van der Waals surface area contributed by atoms with Gasteiger partial charge in [0, 0.05) is 11.3 Å². The van der Waals surface area contributed by atoms with Crippen LogP contribution in [-0.2, 0) is 0 Å². The van der Waals surface area contributed by atoms with Crippen LogP contribution in [0, 0.1) is 17.2 Å². The second-order valence-electron chi connectivity index (χ2n) is 4.77. The summed E-state index contributed by atoms with van der Waals surface area (Å²) in [5.41, 5.74) is 0. The third-order valence-electron chi connectivity index (χ3n) is 3.54. The summed E-state index contributed by atoms with van der Waals surface area (Å²) in [6.45, 7) is 3.33. The molecule has 2 nitrogen and oxygen atoms in total. The molecule has 16 heavy (non-hydrogen) atoms. The fourth-order valence-corrected chi connectivity index (χ4v) is 2.65. The van der Waals surface area contributed by atoms with Crippen molar-refractivity contribution in [3.8, 4) is 6.07 Å². The van der Waals surface area contributed by atoms with Crippen LogP contribution in [0.5, 0.6) is 0 Å². The molecule has 0 aliphatic heterocycles. The van der Waals surface area contributed by atoms with Gasteiger partial charge in [-0.15, -0.1) is 0 Å². The second-order valence-corrected chi connectivity index (χ2v) is 6.05. The fourth-order valence-electron chi connectivity index (χ4n) is 2.30. The van der Waals surface area contributed by atoms with Gasteiger partial charge in [0.25, 0.3) is 0 Å². The fraction of sp³-hybridized carbons (Fsp3) is 0.923. The molecule has 0 spiro atoms. The molecule has 1 fully saturated rings. The lowest BCUT2D eigenvalue weighted by atomic mass is 9.96. The van der Waals surface area contributed by atoms with Crippen molar-refractivity contribution in [1.29, 1.82) is 5.26 Å². The summed E-state index contributed by atoms with van der Waals surface area (Å²) in [5, 5.41) is 13.5. The molecule has 0 aromatic heterocycles. The Balaban J connectivity index is 2.29. The molecule has 1 N–H and O–H groups in total. The largest absolute Gasteiger partial charge is 0.313 e. The maximum absolute atomic E-state index is 9.15. The Morgan fingerprint density at radius 1 is 1.38 bits per heavy atom. The van der Waals surface area contributed by atoms with Gasteiger partial charge in [0.1, 0.15) is 0 Å². The van der Waals surface area contributed by atoms with Gasteiger partial charge in [0.15, 0.2) is 0 Å². The van der Waals surface area contributed by atoms with Crippen molar-refractivity contribution in [2.75, 3.05) is 12.8 Å². The van der Waals surface area contributed by atoms with Gasteiger partial charge in [-0.1, -0.05) is 26.2 Å². The van der Waals surface area contributed by atoms with E-state index < -0.39 is 0 Å². The van der Waals surface area contributed by atoms with Gasteiger partial charge in [0.2, 0.25) is 0 Å². The van der Waals surface area contributed by atoms with E-state index in [0.29, 0.717) is 6.04 Å². The highest BCUT2D eigenvalue weighted by Crippen LogP contribution is 2.23. The molecule has 0 aromatic rings. The molecule has 3 atom stereocenters. The molecule has 0 radical (unpaired) electrons. The number of rotatable bonds is 5. The first-order valence-electron chi connectivity index (χ1n) is 6.43. The molecule has 1 aliphatic carbocycles. The quantitative estimate of drug-likeness (QED) is 0.750. The zero-order valence-electron chi connectivity index (χ0n) is 10.5. The monoisotopic (exact) mass is 240 g/mol. The van der Waals surface area contributed by atoms with E-state index in [-0.39, 0.29) is 5.92 Å². The smallest absolute Gasteiger partial charge is 0.0672 e. The SMILES string of the molecule is CSC(C)CCNC1CCCCCC1C#N. The molecule has 92 valence electrons. The summed E-state index contributed by atoms with van der Waals surface area (Å²) in [7, 11) is 0. The van der Waals surface area contributed by atoms with Crippen LogP contribution in [0.25, 0.3) is 0 Å². The molecule has 0 heterocycles. The molecule has 0 aromatic carbocycles. The van der Waals surface area contributed by atoms with Crippen molar-refractivity contribution in [3.63, 3.8) is 0 Å². The Morgan fingerprint density at radius 3 is 2.81 bits per heavy atom. The minimum atomic E-state index is 0.243. The van der Waals surface area contributed by atoms with E-state index >= 15 is 0 Å². The van der Waals surface area contributed by atoms with Gasteiger partial charge in [-0.05, 0) is 32.1 Å². The molecular weight excluding hydrogens is 216 g/mol. The van der Waals surface area contributed by atoms with Crippen LogP contribution in [0.1, 0.15) is 45.4 Å². The number of hydrogen-bond donors (Lipinski definition) is 1. The molecule has 3 unspecified atom stereocenters. The maximum Gasteiger partial charge on any atom is 0.0672 e. The predicted molar refractivity (Wildman–Crippen MR) is 71.6 cm³/mol. The molecule has 3 heteroatoms. The zero-order chi connectivity index (χ0) is 11.8. The Morgan fingerprint density at radius 2 is 2.12 bits per heavy atom. The Bertz CT molecular complexity index is 224. The summed E-state index contributed by atoms with van der Waals surface area (Å²) >= 11 is 1.92. The Labute approximate surface area is 104 Å². The van der Waals surface area contributed by atoms with Crippen LogP contribution >= 0.6 is 11.8 Å². The number of hydrogen-bond acceptors (Lipinski definition) is 3. The summed E-state index contributed by atoms with van der Waals surface area (Å²) in [4.78, 5) is 0. The minimum Gasteiger partial charge on any atom is -0.313 e. The van der Waals surface area contributed by atoms with E-state index in [4.69, 9.17) is 5.26 Å². The molecule has 0 saturated heterocycles. The van der Waals surface area contributed by atoms with Crippen molar-refractivity contribution in [3.05, 3.63) is 0 Å². The van der Waals surface area contributed by atoms with Crippen molar-refractivity contribution in [1.82, 2.24) is 5.32 Å².